The average molecular weight is 466 g/mol. The molecule has 33 heavy (non-hydrogen) atoms. The predicted molar refractivity (Wildman–Crippen MR) is 126 cm³/mol. The zero-order valence-corrected chi connectivity index (χ0v) is 18.9. The fourth-order valence-electron chi connectivity index (χ4n) is 3.73. The number of nitrogens with one attached hydrogen (secondary N) is 1. The molecule has 0 atom stereocenters. The number of rotatable bonds is 6. The van der Waals surface area contributed by atoms with Gasteiger partial charge >= 0.3 is 0 Å². The highest BCUT2D eigenvalue weighted by atomic mass is 32.1. The van der Waals surface area contributed by atoms with Gasteiger partial charge < -0.3 is 15.1 Å². The number of aromatic nitrogens is 1. The van der Waals surface area contributed by atoms with Crippen LogP contribution in [0.5, 0.6) is 0 Å². The molecule has 0 radical (unpaired) electrons. The monoisotopic (exact) mass is 465 g/mol. The van der Waals surface area contributed by atoms with Crippen LogP contribution in [0.2, 0.25) is 0 Å². The van der Waals surface area contributed by atoms with Crippen molar-refractivity contribution < 1.29 is 14.5 Å². The molecule has 170 valence electrons. The molecule has 0 aliphatic carbocycles. The van der Waals surface area contributed by atoms with Crippen LogP contribution in [0.3, 0.4) is 0 Å². The number of thiazole rings is 1. The summed E-state index contributed by atoms with van der Waals surface area (Å²) in [6.45, 7) is 3.76. The van der Waals surface area contributed by atoms with Crippen LogP contribution in [0.1, 0.15) is 22.3 Å². The van der Waals surface area contributed by atoms with E-state index in [9.17, 15) is 19.7 Å². The molecule has 9 nitrogen and oxygen atoms in total. The number of carbonyl (C=O) groups is 2. The summed E-state index contributed by atoms with van der Waals surface area (Å²) in [6, 6.07) is 14.3. The molecule has 0 saturated carbocycles. The predicted octanol–water partition coefficient (Wildman–Crippen LogP) is 3.32. The Labute approximate surface area is 194 Å². The van der Waals surface area contributed by atoms with Crippen molar-refractivity contribution in [1.29, 1.82) is 0 Å². The number of benzene rings is 2. The van der Waals surface area contributed by atoms with Crippen molar-refractivity contribution in [3.63, 3.8) is 0 Å². The lowest BCUT2D eigenvalue weighted by atomic mass is 10.1. The van der Waals surface area contributed by atoms with Crippen molar-refractivity contribution in [2.24, 2.45) is 0 Å². The first kappa shape index (κ1) is 22.4. The van der Waals surface area contributed by atoms with E-state index in [0.717, 1.165) is 16.3 Å². The van der Waals surface area contributed by atoms with E-state index in [2.05, 4.69) is 10.3 Å². The normalized spacial score (nSPS) is 13.6. The van der Waals surface area contributed by atoms with Gasteiger partial charge in [0.15, 0.2) is 0 Å². The SMILES string of the molecule is CC(=O)N1CCN(c2ccc(C(=O)NCc3nc(-c4ccccc4)cs3)cc2[N+](=O)[O-])CC1. The van der Waals surface area contributed by atoms with Crippen LogP contribution in [-0.2, 0) is 11.3 Å². The molecule has 2 amide bonds. The highest BCUT2D eigenvalue weighted by Gasteiger charge is 2.26. The topological polar surface area (TPSA) is 109 Å². The van der Waals surface area contributed by atoms with Crippen molar-refractivity contribution in [2.45, 2.75) is 13.5 Å². The van der Waals surface area contributed by atoms with E-state index < -0.39 is 10.8 Å². The van der Waals surface area contributed by atoms with E-state index in [1.165, 1.54) is 24.3 Å². The molecule has 0 unspecified atom stereocenters. The molecule has 1 aliphatic heterocycles. The summed E-state index contributed by atoms with van der Waals surface area (Å²) in [7, 11) is 0. The molecule has 2 aromatic carbocycles. The molecule has 1 saturated heterocycles. The number of hydrogen-bond donors (Lipinski definition) is 1. The fraction of sp³-hybridized carbons (Fsp3) is 0.261. The summed E-state index contributed by atoms with van der Waals surface area (Å²) in [5, 5.41) is 17.2. The van der Waals surface area contributed by atoms with E-state index in [1.807, 2.05) is 40.6 Å². The zero-order chi connectivity index (χ0) is 23.4. The third-order valence-corrected chi connectivity index (χ3v) is 6.37. The van der Waals surface area contributed by atoms with Crippen molar-refractivity contribution in [3.8, 4) is 11.3 Å². The second-order valence-corrected chi connectivity index (χ2v) is 8.57. The number of nitro groups is 1. The van der Waals surface area contributed by atoms with Crippen LogP contribution in [0.15, 0.2) is 53.9 Å². The Bertz CT molecular complexity index is 1170. The maximum atomic E-state index is 12.7. The minimum atomic E-state index is -0.476. The van der Waals surface area contributed by atoms with Crippen molar-refractivity contribution in [1.82, 2.24) is 15.2 Å². The van der Waals surface area contributed by atoms with Crippen LogP contribution in [0.25, 0.3) is 11.3 Å². The molecule has 1 N–H and O–H groups in total. The first-order valence-corrected chi connectivity index (χ1v) is 11.4. The maximum absolute atomic E-state index is 12.7. The van der Waals surface area contributed by atoms with E-state index in [4.69, 9.17) is 0 Å². The minimum Gasteiger partial charge on any atom is -0.362 e. The summed E-state index contributed by atoms with van der Waals surface area (Å²) in [5.74, 6) is -0.408. The lowest BCUT2D eigenvalue weighted by molar-refractivity contribution is -0.384. The summed E-state index contributed by atoms with van der Waals surface area (Å²) < 4.78 is 0. The van der Waals surface area contributed by atoms with E-state index >= 15 is 0 Å². The van der Waals surface area contributed by atoms with Gasteiger partial charge in [0.2, 0.25) is 5.91 Å². The Morgan fingerprint density at radius 3 is 2.52 bits per heavy atom. The molecule has 0 spiro atoms. The van der Waals surface area contributed by atoms with Gasteiger partial charge in [-0.15, -0.1) is 11.3 Å². The Morgan fingerprint density at radius 1 is 1.12 bits per heavy atom. The quantitative estimate of drug-likeness (QED) is 0.442. The standard InChI is InChI=1S/C23H23N5O4S/c1-16(29)26-9-11-27(12-10-26)20-8-7-18(13-21(20)28(31)32)23(30)24-14-22-25-19(15-33-22)17-5-3-2-4-6-17/h2-8,13,15H,9-12,14H2,1H3,(H,24,30). The Morgan fingerprint density at radius 2 is 1.85 bits per heavy atom. The van der Waals surface area contributed by atoms with E-state index in [-0.39, 0.29) is 23.7 Å². The van der Waals surface area contributed by atoms with Gasteiger partial charge in [0.05, 0.1) is 17.2 Å². The molecule has 0 bridgehead atoms. The van der Waals surface area contributed by atoms with Gasteiger partial charge in [-0.3, -0.25) is 19.7 Å². The van der Waals surface area contributed by atoms with Crippen LogP contribution in [0, 0.1) is 10.1 Å². The van der Waals surface area contributed by atoms with Gasteiger partial charge in [-0.05, 0) is 12.1 Å². The Kier molecular flexibility index (Phi) is 6.64. The lowest BCUT2D eigenvalue weighted by Gasteiger charge is -2.35. The van der Waals surface area contributed by atoms with Crippen LogP contribution in [0.4, 0.5) is 11.4 Å². The zero-order valence-electron chi connectivity index (χ0n) is 18.1. The molecular formula is C23H23N5O4S. The first-order valence-electron chi connectivity index (χ1n) is 10.5. The van der Waals surface area contributed by atoms with Crippen molar-refractivity contribution in [2.75, 3.05) is 31.1 Å². The molecule has 1 fully saturated rings. The van der Waals surface area contributed by atoms with Gasteiger partial charge in [0.1, 0.15) is 10.7 Å². The molecule has 10 heteroatoms. The molecule has 3 aromatic rings. The Hall–Kier alpha value is -3.79. The summed E-state index contributed by atoms with van der Waals surface area (Å²) >= 11 is 1.44. The van der Waals surface area contributed by atoms with E-state index in [1.54, 1.807) is 17.0 Å². The lowest BCUT2D eigenvalue weighted by Crippen LogP contribution is -2.48. The number of piperazine rings is 1. The second kappa shape index (κ2) is 9.78. The van der Waals surface area contributed by atoms with Crippen molar-refractivity contribution in [3.05, 3.63) is 74.6 Å². The molecule has 4 rings (SSSR count). The summed E-state index contributed by atoms with van der Waals surface area (Å²) in [5.41, 5.74) is 2.38. The number of anilines is 1. The number of amides is 2. The Balaban J connectivity index is 1.43. The van der Waals surface area contributed by atoms with E-state index in [0.29, 0.717) is 31.9 Å². The van der Waals surface area contributed by atoms with Gasteiger partial charge in [0.25, 0.3) is 11.6 Å². The fourth-order valence-corrected chi connectivity index (χ4v) is 4.48. The highest BCUT2D eigenvalue weighted by Crippen LogP contribution is 2.30. The van der Waals surface area contributed by atoms with Gasteiger partial charge in [-0.1, -0.05) is 30.3 Å². The number of carbonyl (C=O) groups excluding carboxylic acids is 2. The molecule has 1 aliphatic rings. The number of nitro benzene ring substituents is 1. The smallest absolute Gasteiger partial charge is 0.293 e. The number of hydrogen-bond acceptors (Lipinski definition) is 7. The van der Waals surface area contributed by atoms with Crippen LogP contribution < -0.4 is 10.2 Å². The first-order chi connectivity index (χ1) is 15.9. The summed E-state index contributed by atoms with van der Waals surface area (Å²) in [4.78, 5) is 43.5. The molecule has 2 heterocycles. The summed E-state index contributed by atoms with van der Waals surface area (Å²) in [6.07, 6.45) is 0. The van der Waals surface area contributed by atoms with Gasteiger partial charge in [-0.25, -0.2) is 4.98 Å². The minimum absolute atomic E-state index is 0.00714. The number of nitrogens with zero attached hydrogens (tertiary/aromatic N) is 4. The highest BCUT2D eigenvalue weighted by molar-refractivity contribution is 7.09. The largest absolute Gasteiger partial charge is 0.362 e. The van der Waals surface area contributed by atoms with Gasteiger partial charge in [-0.2, -0.15) is 0 Å². The average Bonchev–Trinajstić information content (AvgIpc) is 3.32. The maximum Gasteiger partial charge on any atom is 0.293 e. The molecular weight excluding hydrogens is 442 g/mol. The van der Waals surface area contributed by atoms with Crippen molar-refractivity contribution >= 4 is 34.5 Å². The molecule has 1 aromatic heterocycles. The third-order valence-electron chi connectivity index (χ3n) is 5.52. The third kappa shape index (κ3) is 5.17. The van der Waals surface area contributed by atoms with Crippen LogP contribution in [-0.4, -0.2) is 52.8 Å². The van der Waals surface area contributed by atoms with Gasteiger partial charge in [0, 0.05) is 55.7 Å². The second-order valence-electron chi connectivity index (χ2n) is 7.63. The van der Waals surface area contributed by atoms with Crippen LogP contribution >= 0.6 is 11.3 Å².